The number of likely N-dealkylation sites (tertiary alicyclic amines) is 1. The summed E-state index contributed by atoms with van der Waals surface area (Å²) in [7, 11) is 0. The van der Waals surface area contributed by atoms with Crippen molar-refractivity contribution in [3.05, 3.63) is 53.4 Å². The molecule has 30 heavy (non-hydrogen) atoms. The van der Waals surface area contributed by atoms with Gasteiger partial charge in [0.15, 0.2) is 0 Å². The molecule has 0 bridgehead atoms. The van der Waals surface area contributed by atoms with Crippen molar-refractivity contribution in [1.29, 1.82) is 0 Å². The molecule has 1 amide bonds. The molecule has 7 heteroatoms. The third kappa shape index (κ3) is 4.94. The number of carbonyl (C=O) groups excluding carboxylic acids is 1. The molecule has 1 atom stereocenters. The van der Waals surface area contributed by atoms with Crippen molar-refractivity contribution in [2.24, 2.45) is 0 Å². The molecule has 0 radical (unpaired) electrons. The van der Waals surface area contributed by atoms with Gasteiger partial charge in [0.2, 0.25) is 0 Å². The smallest absolute Gasteiger partial charge is 0.270 e. The van der Waals surface area contributed by atoms with Gasteiger partial charge in [-0.25, -0.2) is 4.98 Å². The van der Waals surface area contributed by atoms with Crippen molar-refractivity contribution in [3.63, 3.8) is 0 Å². The molecule has 2 aromatic heterocycles. The highest BCUT2D eigenvalue weighted by atomic mass is 35.5. The lowest BCUT2D eigenvalue weighted by Gasteiger charge is -2.33. The average Bonchev–Trinajstić information content (AvgIpc) is 3.23. The molecule has 6 nitrogen and oxygen atoms in total. The van der Waals surface area contributed by atoms with E-state index in [1.54, 1.807) is 24.5 Å². The fourth-order valence-corrected chi connectivity index (χ4v) is 4.04. The average molecular weight is 427 g/mol. The summed E-state index contributed by atoms with van der Waals surface area (Å²) in [6, 6.07) is 11.5. The minimum absolute atomic E-state index is 0.195. The number of amides is 1. The van der Waals surface area contributed by atoms with Gasteiger partial charge in [-0.05, 0) is 63.1 Å². The molecule has 4 rings (SSSR count). The number of nitrogens with zero attached hydrogens (tertiary/aromatic N) is 2. The first-order chi connectivity index (χ1) is 14.6. The molecular weight excluding hydrogens is 400 g/mol. The Labute approximate surface area is 181 Å². The van der Waals surface area contributed by atoms with Crippen LogP contribution in [-0.2, 0) is 0 Å². The van der Waals surface area contributed by atoms with Crippen LogP contribution in [0.15, 0.2) is 47.1 Å². The minimum atomic E-state index is -0.195. The van der Waals surface area contributed by atoms with E-state index in [4.69, 9.17) is 16.0 Å². The summed E-state index contributed by atoms with van der Waals surface area (Å²) in [5.41, 5.74) is 1.79. The van der Waals surface area contributed by atoms with E-state index in [-0.39, 0.29) is 5.91 Å². The summed E-state index contributed by atoms with van der Waals surface area (Å²) in [5.74, 6) is 0.384. The van der Waals surface area contributed by atoms with Crippen molar-refractivity contribution < 1.29 is 9.21 Å². The Balaban J connectivity index is 1.40. The van der Waals surface area contributed by atoms with Crippen LogP contribution in [0.5, 0.6) is 0 Å². The van der Waals surface area contributed by atoms with Gasteiger partial charge in [0, 0.05) is 35.9 Å². The Hall–Kier alpha value is -2.57. The van der Waals surface area contributed by atoms with Crippen LogP contribution in [0.1, 0.15) is 43.1 Å². The number of rotatable bonds is 7. The van der Waals surface area contributed by atoms with Crippen LogP contribution in [0.2, 0.25) is 5.02 Å². The fraction of sp³-hybridized carbons (Fsp3) is 0.391. The number of piperidine rings is 1. The molecule has 3 heterocycles. The summed E-state index contributed by atoms with van der Waals surface area (Å²) in [6.07, 6.45) is 6.38. The molecule has 0 saturated carbocycles. The monoisotopic (exact) mass is 426 g/mol. The molecule has 1 aliphatic heterocycles. The van der Waals surface area contributed by atoms with E-state index in [1.807, 2.05) is 18.2 Å². The fourth-order valence-electron chi connectivity index (χ4n) is 3.91. The molecule has 0 aliphatic carbocycles. The molecule has 1 aromatic carbocycles. The largest absolute Gasteiger partial charge is 0.464 e. The van der Waals surface area contributed by atoms with Gasteiger partial charge >= 0.3 is 0 Å². The van der Waals surface area contributed by atoms with Gasteiger partial charge < -0.3 is 20.0 Å². The quantitative estimate of drug-likeness (QED) is 0.507. The lowest BCUT2D eigenvalue weighted by molar-refractivity contribution is 0.0944. The number of hydrogen-bond donors (Lipinski definition) is 2. The summed E-state index contributed by atoms with van der Waals surface area (Å²) in [5, 5.41) is 7.73. The molecule has 2 N–H and O–H groups in total. The zero-order valence-corrected chi connectivity index (χ0v) is 17.9. The second kappa shape index (κ2) is 9.49. The topological polar surface area (TPSA) is 70.4 Å². The number of aromatic nitrogens is 1. The first-order valence-corrected chi connectivity index (χ1v) is 10.9. The normalized spacial score (nSPS) is 17.2. The van der Waals surface area contributed by atoms with Gasteiger partial charge in [-0.15, -0.1) is 0 Å². The first-order valence-electron chi connectivity index (χ1n) is 10.5. The van der Waals surface area contributed by atoms with Crippen LogP contribution in [-0.4, -0.2) is 41.5 Å². The van der Waals surface area contributed by atoms with Crippen LogP contribution in [0.3, 0.4) is 0 Å². The number of pyridine rings is 1. The molecule has 1 saturated heterocycles. The number of benzene rings is 1. The number of anilines is 2. The van der Waals surface area contributed by atoms with Crippen molar-refractivity contribution >= 4 is 40.0 Å². The Morgan fingerprint density at radius 2 is 2.10 bits per heavy atom. The second-order valence-electron chi connectivity index (χ2n) is 7.81. The summed E-state index contributed by atoms with van der Waals surface area (Å²) < 4.78 is 5.54. The standard InChI is InChI=1S/C23H27ClN4O2/c1-16-5-2-3-12-28(16)13-4-11-25-23(29)20-15-21-19(10-14-30-21)22(27-20)26-18-8-6-17(24)7-9-18/h6-10,14-16H,2-5,11-13H2,1H3,(H,25,29)(H,26,27)/t16-/m0/s1. The Morgan fingerprint density at radius 3 is 2.90 bits per heavy atom. The second-order valence-corrected chi connectivity index (χ2v) is 8.25. The van der Waals surface area contributed by atoms with Crippen molar-refractivity contribution in [1.82, 2.24) is 15.2 Å². The lowest BCUT2D eigenvalue weighted by Crippen LogP contribution is -2.39. The van der Waals surface area contributed by atoms with E-state index in [1.165, 1.54) is 19.3 Å². The van der Waals surface area contributed by atoms with E-state index in [0.29, 0.717) is 34.7 Å². The highest BCUT2D eigenvalue weighted by molar-refractivity contribution is 6.30. The molecule has 1 fully saturated rings. The Kier molecular flexibility index (Phi) is 6.55. The summed E-state index contributed by atoms with van der Waals surface area (Å²) in [6.45, 7) is 5.08. The number of nitrogens with one attached hydrogen (secondary N) is 2. The van der Waals surface area contributed by atoms with E-state index >= 15 is 0 Å². The molecule has 0 spiro atoms. The number of carbonyl (C=O) groups is 1. The van der Waals surface area contributed by atoms with Gasteiger partial charge in [-0.1, -0.05) is 18.0 Å². The highest BCUT2D eigenvalue weighted by Crippen LogP contribution is 2.27. The number of hydrogen-bond acceptors (Lipinski definition) is 5. The zero-order valence-electron chi connectivity index (χ0n) is 17.2. The zero-order chi connectivity index (χ0) is 20.9. The molecule has 158 valence electrons. The van der Waals surface area contributed by atoms with Gasteiger partial charge in [-0.3, -0.25) is 4.79 Å². The predicted molar refractivity (Wildman–Crippen MR) is 121 cm³/mol. The van der Waals surface area contributed by atoms with Gasteiger partial charge in [0.25, 0.3) is 5.91 Å². The van der Waals surface area contributed by atoms with E-state index in [0.717, 1.165) is 30.6 Å². The molecule has 3 aromatic rings. The number of fused-ring (bicyclic) bond motifs is 1. The van der Waals surface area contributed by atoms with Crippen LogP contribution < -0.4 is 10.6 Å². The van der Waals surface area contributed by atoms with Crippen LogP contribution >= 0.6 is 11.6 Å². The number of halogens is 1. The molecular formula is C23H27ClN4O2. The maximum atomic E-state index is 12.7. The molecule has 0 unspecified atom stereocenters. The Morgan fingerprint density at radius 1 is 1.27 bits per heavy atom. The van der Waals surface area contributed by atoms with Gasteiger partial charge in [0.05, 0.1) is 11.6 Å². The van der Waals surface area contributed by atoms with E-state index in [9.17, 15) is 4.79 Å². The molecule has 1 aliphatic rings. The van der Waals surface area contributed by atoms with Crippen molar-refractivity contribution in [2.75, 3.05) is 25.0 Å². The maximum absolute atomic E-state index is 12.7. The Bertz CT molecular complexity index is 1000. The summed E-state index contributed by atoms with van der Waals surface area (Å²) >= 11 is 5.96. The lowest BCUT2D eigenvalue weighted by atomic mass is 10.0. The third-order valence-corrected chi connectivity index (χ3v) is 5.89. The van der Waals surface area contributed by atoms with E-state index in [2.05, 4.69) is 27.4 Å². The highest BCUT2D eigenvalue weighted by Gasteiger charge is 2.18. The SMILES string of the molecule is C[C@H]1CCCCN1CCCNC(=O)c1cc2occc2c(Nc2ccc(Cl)cc2)n1. The van der Waals surface area contributed by atoms with Gasteiger partial charge in [-0.2, -0.15) is 0 Å². The third-order valence-electron chi connectivity index (χ3n) is 5.64. The van der Waals surface area contributed by atoms with Crippen LogP contribution in [0.25, 0.3) is 11.0 Å². The predicted octanol–water partition coefficient (Wildman–Crippen LogP) is 5.22. The number of furan rings is 1. The maximum Gasteiger partial charge on any atom is 0.270 e. The summed E-state index contributed by atoms with van der Waals surface area (Å²) in [4.78, 5) is 19.8. The van der Waals surface area contributed by atoms with Crippen LogP contribution in [0.4, 0.5) is 11.5 Å². The van der Waals surface area contributed by atoms with Crippen LogP contribution in [0, 0.1) is 0 Å². The van der Waals surface area contributed by atoms with E-state index < -0.39 is 0 Å². The first kappa shape index (κ1) is 20.7. The van der Waals surface area contributed by atoms with Crippen molar-refractivity contribution in [2.45, 2.75) is 38.6 Å². The van der Waals surface area contributed by atoms with Gasteiger partial charge in [0.1, 0.15) is 17.1 Å². The minimum Gasteiger partial charge on any atom is -0.464 e. The van der Waals surface area contributed by atoms with Crippen molar-refractivity contribution in [3.8, 4) is 0 Å².